The van der Waals surface area contributed by atoms with Gasteiger partial charge in [0.25, 0.3) is 0 Å². The number of hydrogen-bond acceptors (Lipinski definition) is 5. The van der Waals surface area contributed by atoms with Crippen molar-refractivity contribution in [1.82, 2.24) is 0 Å². The van der Waals surface area contributed by atoms with E-state index in [4.69, 9.17) is 15.2 Å². The van der Waals surface area contributed by atoms with Gasteiger partial charge in [-0.05, 0) is 73.6 Å². The fourth-order valence-electron chi connectivity index (χ4n) is 3.86. The third-order valence-corrected chi connectivity index (χ3v) is 5.31. The molecule has 3 rings (SSSR count). The molecule has 2 aromatic carbocycles. The lowest BCUT2D eigenvalue weighted by molar-refractivity contribution is -0.119. The number of para-hydroxylation sites is 1. The number of anilines is 1. The van der Waals surface area contributed by atoms with Crippen molar-refractivity contribution in [3.8, 4) is 5.75 Å². The number of rotatable bonds is 6. The van der Waals surface area contributed by atoms with Crippen LogP contribution in [0.4, 0.5) is 10.5 Å². The normalized spacial score (nSPS) is 13.9. The number of nitrogens with two attached hydrogens (primary N) is 1. The molecule has 1 atom stereocenters. The molecule has 0 radical (unpaired) electrons. The number of amides is 1. The first-order chi connectivity index (χ1) is 14.4. The second-order valence-electron chi connectivity index (χ2n) is 7.52. The summed E-state index contributed by atoms with van der Waals surface area (Å²) in [6.45, 7) is 8.09. The van der Waals surface area contributed by atoms with E-state index in [1.807, 2.05) is 32.0 Å². The number of benzene rings is 2. The molecule has 1 aliphatic rings. The van der Waals surface area contributed by atoms with Gasteiger partial charge in [0.05, 0.1) is 6.04 Å². The Kier molecular flexibility index (Phi) is 6.90. The maximum absolute atomic E-state index is 13.1. The highest BCUT2D eigenvalue weighted by Gasteiger charge is 2.27. The highest BCUT2D eigenvalue weighted by atomic mass is 16.7. The zero-order chi connectivity index (χ0) is 21.7. The largest absolute Gasteiger partial charge is 0.514 e. The van der Waals surface area contributed by atoms with E-state index in [2.05, 4.69) is 12.6 Å². The Labute approximate surface area is 177 Å². The molecule has 0 aromatic heterocycles. The van der Waals surface area contributed by atoms with E-state index < -0.39 is 12.2 Å². The summed E-state index contributed by atoms with van der Waals surface area (Å²) in [6, 6.07) is 10.8. The summed E-state index contributed by atoms with van der Waals surface area (Å²) >= 11 is 0. The van der Waals surface area contributed by atoms with E-state index >= 15 is 0 Å². The Morgan fingerprint density at radius 1 is 1.23 bits per heavy atom. The lowest BCUT2D eigenvalue weighted by Crippen LogP contribution is -2.47. The Balaban J connectivity index is 1.72. The molecule has 6 nitrogen and oxygen atoms in total. The van der Waals surface area contributed by atoms with Gasteiger partial charge < -0.3 is 20.1 Å². The minimum Gasteiger partial charge on any atom is -0.430 e. The molecule has 1 amide bonds. The topological polar surface area (TPSA) is 81.9 Å². The van der Waals surface area contributed by atoms with Gasteiger partial charge >= 0.3 is 6.16 Å². The monoisotopic (exact) mass is 408 g/mol. The van der Waals surface area contributed by atoms with Crippen LogP contribution >= 0.6 is 0 Å². The van der Waals surface area contributed by atoms with E-state index in [-0.39, 0.29) is 12.5 Å². The smallest absolute Gasteiger partial charge is 0.430 e. The Bertz CT molecular complexity index is 931. The molecule has 0 aliphatic carbocycles. The SMILES string of the molecule is C=CCOC(=O)Oc1cc(C)c(CC(N)C(=O)N2CCCc3ccccc32)c(C)c1. The molecule has 6 heteroatoms. The molecule has 2 aromatic rings. The van der Waals surface area contributed by atoms with Crippen molar-refractivity contribution in [3.05, 3.63) is 71.3 Å². The number of nitrogens with zero attached hydrogens (tertiary/aromatic N) is 1. The molecule has 30 heavy (non-hydrogen) atoms. The van der Waals surface area contributed by atoms with E-state index in [9.17, 15) is 9.59 Å². The van der Waals surface area contributed by atoms with E-state index in [0.29, 0.717) is 18.7 Å². The minimum absolute atomic E-state index is 0.0747. The molecule has 0 saturated carbocycles. The number of carbonyl (C=O) groups excluding carboxylic acids is 2. The van der Waals surface area contributed by atoms with Crippen LogP contribution in [0.2, 0.25) is 0 Å². The molecule has 1 heterocycles. The van der Waals surface area contributed by atoms with Crippen LogP contribution in [0.1, 0.15) is 28.7 Å². The fraction of sp³-hybridized carbons (Fsp3) is 0.333. The van der Waals surface area contributed by atoms with Gasteiger partial charge in [0.2, 0.25) is 5.91 Å². The maximum Gasteiger partial charge on any atom is 0.514 e. The number of ether oxygens (including phenoxy) is 2. The second-order valence-corrected chi connectivity index (χ2v) is 7.52. The summed E-state index contributed by atoms with van der Waals surface area (Å²) in [5.74, 6) is 0.321. The molecule has 158 valence electrons. The van der Waals surface area contributed by atoms with Crippen LogP contribution < -0.4 is 15.4 Å². The number of hydrogen-bond donors (Lipinski definition) is 1. The average Bonchev–Trinajstić information content (AvgIpc) is 2.73. The molecule has 0 saturated heterocycles. The van der Waals surface area contributed by atoms with Crippen LogP contribution in [0.3, 0.4) is 0 Å². The van der Waals surface area contributed by atoms with Gasteiger partial charge in [-0.2, -0.15) is 0 Å². The van der Waals surface area contributed by atoms with Crippen LogP contribution in [0, 0.1) is 13.8 Å². The second kappa shape index (κ2) is 9.59. The summed E-state index contributed by atoms with van der Waals surface area (Å²) in [5, 5.41) is 0. The van der Waals surface area contributed by atoms with Crippen molar-refractivity contribution in [2.75, 3.05) is 18.1 Å². The Morgan fingerprint density at radius 3 is 2.63 bits per heavy atom. The van der Waals surface area contributed by atoms with E-state index in [1.54, 1.807) is 17.0 Å². The summed E-state index contributed by atoms with van der Waals surface area (Å²) in [4.78, 5) is 26.6. The molecule has 0 bridgehead atoms. The van der Waals surface area contributed by atoms with Crippen LogP contribution in [0.15, 0.2) is 49.1 Å². The average molecular weight is 408 g/mol. The van der Waals surface area contributed by atoms with Crippen LogP contribution in [0.25, 0.3) is 0 Å². The Hall–Kier alpha value is -3.12. The van der Waals surface area contributed by atoms with E-state index in [0.717, 1.165) is 35.2 Å². The molecule has 2 N–H and O–H groups in total. The van der Waals surface area contributed by atoms with Gasteiger partial charge in [-0.25, -0.2) is 4.79 Å². The Morgan fingerprint density at radius 2 is 1.93 bits per heavy atom. The summed E-state index contributed by atoms with van der Waals surface area (Å²) < 4.78 is 10.1. The van der Waals surface area contributed by atoms with Gasteiger partial charge in [-0.1, -0.05) is 30.9 Å². The molecule has 0 fully saturated rings. The van der Waals surface area contributed by atoms with E-state index in [1.165, 1.54) is 11.6 Å². The highest BCUT2D eigenvalue weighted by Crippen LogP contribution is 2.28. The third kappa shape index (κ3) is 4.89. The molecule has 1 unspecified atom stereocenters. The van der Waals surface area contributed by atoms with Crippen molar-refractivity contribution >= 4 is 17.7 Å². The van der Waals surface area contributed by atoms with Crippen molar-refractivity contribution < 1.29 is 19.1 Å². The third-order valence-electron chi connectivity index (χ3n) is 5.31. The summed E-state index contributed by atoms with van der Waals surface area (Å²) in [7, 11) is 0. The van der Waals surface area contributed by atoms with Crippen molar-refractivity contribution in [1.29, 1.82) is 0 Å². The first-order valence-electron chi connectivity index (χ1n) is 10.1. The first kappa shape index (κ1) is 21.6. The van der Waals surface area contributed by atoms with Crippen LogP contribution in [-0.2, 0) is 22.4 Å². The number of fused-ring (bicyclic) bond motifs is 1. The standard InChI is InChI=1S/C24H28N2O4/c1-4-12-29-24(28)30-19-13-16(2)20(17(3)14-19)15-21(25)23(27)26-11-7-9-18-8-5-6-10-22(18)26/h4-6,8,10,13-14,21H,1,7,9,11-12,15,25H2,2-3H3. The quantitative estimate of drug-likeness (QED) is 0.446. The van der Waals surface area contributed by atoms with Crippen molar-refractivity contribution in [2.45, 2.75) is 39.2 Å². The zero-order valence-corrected chi connectivity index (χ0v) is 17.5. The zero-order valence-electron chi connectivity index (χ0n) is 17.5. The fourth-order valence-corrected chi connectivity index (χ4v) is 3.86. The van der Waals surface area contributed by atoms with Crippen LogP contribution in [-0.4, -0.2) is 31.3 Å². The predicted molar refractivity (Wildman–Crippen MR) is 117 cm³/mol. The molecule has 0 spiro atoms. The van der Waals surface area contributed by atoms with Gasteiger partial charge in [0.1, 0.15) is 12.4 Å². The molecule has 1 aliphatic heterocycles. The summed E-state index contributed by atoms with van der Waals surface area (Å²) in [6.07, 6.45) is 3.01. The van der Waals surface area contributed by atoms with Crippen molar-refractivity contribution in [2.24, 2.45) is 5.73 Å². The molecular formula is C24H28N2O4. The van der Waals surface area contributed by atoms with Crippen LogP contribution in [0.5, 0.6) is 5.75 Å². The minimum atomic E-state index is -0.780. The lowest BCUT2D eigenvalue weighted by Gasteiger charge is -2.31. The lowest BCUT2D eigenvalue weighted by atomic mass is 9.94. The number of aryl methyl sites for hydroxylation is 3. The van der Waals surface area contributed by atoms with Gasteiger partial charge in [-0.3, -0.25) is 4.79 Å². The predicted octanol–water partition coefficient (Wildman–Crippen LogP) is 3.85. The van der Waals surface area contributed by atoms with Gasteiger partial charge in [0, 0.05) is 12.2 Å². The molecular weight excluding hydrogens is 380 g/mol. The van der Waals surface area contributed by atoms with Gasteiger partial charge in [0.15, 0.2) is 0 Å². The summed E-state index contributed by atoms with van der Waals surface area (Å²) in [5.41, 5.74) is 11.3. The van der Waals surface area contributed by atoms with Crippen molar-refractivity contribution in [3.63, 3.8) is 0 Å². The van der Waals surface area contributed by atoms with Gasteiger partial charge in [-0.15, -0.1) is 0 Å². The first-order valence-corrected chi connectivity index (χ1v) is 10.1. The maximum atomic E-state index is 13.1. The highest BCUT2D eigenvalue weighted by molar-refractivity contribution is 5.98. The number of carbonyl (C=O) groups is 2.